The van der Waals surface area contributed by atoms with E-state index in [1.807, 2.05) is 6.92 Å². The number of hydrogen-bond donors (Lipinski definition) is 1. The third kappa shape index (κ3) is 2.55. The lowest BCUT2D eigenvalue weighted by molar-refractivity contribution is 0.0158. The first kappa shape index (κ1) is 13.5. The van der Waals surface area contributed by atoms with Gasteiger partial charge in [-0.05, 0) is 30.5 Å². The van der Waals surface area contributed by atoms with Crippen molar-refractivity contribution in [3.8, 4) is 0 Å². The van der Waals surface area contributed by atoms with Crippen molar-refractivity contribution in [2.24, 2.45) is 0 Å². The lowest BCUT2D eigenvalue weighted by Crippen LogP contribution is -2.41. The molecular formula is C12H18N2O3S. The van der Waals surface area contributed by atoms with Crippen LogP contribution >= 0.6 is 0 Å². The molecule has 1 aromatic rings. The molecule has 0 aliphatic carbocycles. The summed E-state index contributed by atoms with van der Waals surface area (Å²) in [5, 5.41) is 10.7. The monoisotopic (exact) mass is 270 g/mol. The molecular weight excluding hydrogens is 252 g/mol. The molecule has 1 saturated heterocycles. The fourth-order valence-corrected chi connectivity index (χ4v) is 3.80. The molecule has 5 nitrogen and oxygen atoms in total. The number of aliphatic hydroxyl groups is 1. The molecule has 0 amide bonds. The lowest BCUT2D eigenvalue weighted by atomic mass is 9.92. The molecule has 1 fully saturated rings. The Bertz CT molecular complexity index is 503. The first-order valence-corrected chi connectivity index (χ1v) is 7.69. The van der Waals surface area contributed by atoms with Crippen molar-refractivity contribution in [3.63, 3.8) is 0 Å². The van der Waals surface area contributed by atoms with Gasteiger partial charge < -0.3 is 5.11 Å². The zero-order chi connectivity index (χ0) is 13.2. The van der Waals surface area contributed by atoms with E-state index in [1.165, 1.54) is 4.31 Å². The highest BCUT2D eigenvalue weighted by Crippen LogP contribution is 2.28. The second kappa shape index (κ2) is 4.95. The smallest absolute Gasteiger partial charge is 0.214 e. The molecule has 100 valence electrons. The topological polar surface area (TPSA) is 70.5 Å². The van der Waals surface area contributed by atoms with E-state index in [1.54, 1.807) is 24.5 Å². The van der Waals surface area contributed by atoms with E-state index in [0.29, 0.717) is 24.9 Å². The van der Waals surface area contributed by atoms with Crippen molar-refractivity contribution < 1.29 is 13.5 Å². The normalized spacial score (nSPS) is 22.8. The summed E-state index contributed by atoms with van der Waals surface area (Å²) >= 11 is 0. The molecule has 0 bridgehead atoms. The van der Waals surface area contributed by atoms with Gasteiger partial charge in [0.2, 0.25) is 10.0 Å². The van der Waals surface area contributed by atoms with E-state index in [4.69, 9.17) is 0 Å². The van der Waals surface area contributed by atoms with Crippen molar-refractivity contribution >= 4 is 10.0 Å². The standard InChI is InChI=1S/C12H18N2O3S/c1-2-12(15,11-4-6-13-7-5-11)10-14-8-3-9-18(14,16)17/h4-7,15H,2-3,8-10H2,1H3. The Morgan fingerprint density at radius 1 is 1.44 bits per heavy atom. The first-order chi connectivity index (χ1) is 8.48. The Balaban J connectivity index is 2.24. The van der Waals surface area contributed by atoms with Gasteiger partial charge in [-0.1, -0.05) is 6.92 Å². The highest BCUT2D eigenvalue weighted by atomic mass is 32.2. The van der Waals surface area contributed by atoms with E-state index in [-0.39, 0.29) is 12.3 Å². The lowest BCUT2D eigenvalue weighted by Gasteiger charge is -2.31. The average Bonchev–Trinajstić information content (AvgIpc) is 2.69. The van der Waals surface area contributed by atoms with Gasteiger partial charge >= 0.3 is 0 Å². The second-order valence-electron chi connectivity index (χ2n) is 4.62. The second-order valence-corrected chi connectivity index (χ2v) is 6.71. The minimum absolute atomic E-state index is 0.121. The van der Waals surface area contributed by atoms with Gasteiger partial charge in [0.05, 0.1) is 5.75 Å². The number of sulfonamides is 1. The Kier molecular flexibility index (Phi) is 3.70. The molecule has 18 heavy (non-hydrogen) atoms. The molecule has 1 aromatic heterocycles. The Morgan fingerprint density at radius 3 is 2.61 bits per heavy atom. The van der Waals surface area contributed by atoms with Crippen molar-refractivity contribution in [2.75, 3.05) is 18.8 Å². The summed E-state index contributed by atoms with van der Waals surface area (Å²) in [4.78, 5) is 3.91. The molecule has 1 atom stereocenters. The Hall–Kier alpha value is -0.980. The van der Waals surface area contributed by atoms with E-state index in [9.17, 15) is 13.5 Å². The van der Waals surface area contributed by atoms with E-state index in [0.717, 1.165) is 0 Å². The fourth-order valence-electron chi connectivity index (χ4n) is 2.23. The number of aromatic nitrogens is 1. The van der Waals surface area contributed by atoms with Crippen LogP contribution in [0.5, 0.6) is 0 Å². The van der Waals surface area contributed by atoms with Crippen LogP contribution in [0.4, 0.5) is 0 Å². The summed E-state index contributed by atoms with van der Waals surface area (Å²) < 4.78 is 25.0. The SMILES string of the molecule is CCC(O)(CN1CCCS1(=O)=O)c1ccncc1. The van der Waals surface area contributed by atoms with Crippen LogP contribution in [-0.4, -0.2) is 41.7 Å². The third-order valence-electron chi connectivity index (χ3n) is 3.44. The van der Waals surface area contributed by atoms with Crippen LogP contribution in [0.3, 0.4) is 0 Å². The van der Waals surface area contributed by atoms with Gasteiger partial charge in [-0.3, -0.25) is 4.98 Å². The first-order valence-electron chi connectivity index (χ1n) is 6.09. The Labute approximate surface area is 108 Å². The quantitative estimate of drug-likeness (QED) is 0.875. The highest BCUT2D eigenvalue weighted by molar-refractivity contribution is 7.89. The van der Waals surface area contributed by atoms with Gasteiger partial charge in [-0.25, -0.2) is 8.42 Å². The number of β-amino-alcohol motifs (C(OH)–C–C–N with tert-alkyl or cyclic N) is 1. The summed E-state index contributed by atoms with van der Waals surface area (Å²) in [5.74, 6) is 0.184. The summed E-state index contributed by atoms with van der Waals surface area (Å²) in [5.41, 5.74) is -0.428. The van der Waals surface area contributed by atoms with Gasteiger partial charge in [0.1, 0.15) is 5.60 Å². The maximum atomic E-state index is 11.8. The Morgan fingerprint density at radius 2 is 2.11 bits per heavy atom. The molecule has 0 saturated carbocycles. The predicted octanol–water partition coefficient (Wildman–Crippen LogP) is 0.715. The maximum absolute atomic E-state index is 11.8. The van der Waals surface area contributed by atoms with Gasteiger partial charge in [0.25, 0.3) is 0 Å². The molecule has 1 N–H and O–H groups in total. The zero-order valence-electron chi connectivity index (χ0n) is 10.4. The van der Waals surface area contributed by atoms with Gasteiger partial charge in [0.15, 0.2) is 0 Å². The van der Waals surface area contributed by atoms with Crippen LogP contribution in [-0.2, 0) is 15.6 Å². The number of pyridine rings is 1. The number of nitrogens with zero attached hydrogens (tertiary/aromatic N) is 2. The van der Waals surface area contributed by atoms with Gasteiger partial charge in [-0.15, -0.1) is 0 Å². The van der Waals surface area contributed by atoms with Crippen LogP contribution < -0.4 is 0 Å². The summed E-state index contributed by atoms with van der Waals surface area (Å²) in [7, 11) is -3.18. The fraction of sp³-hybridized carbons (Fsp3) is 0.583. The van der Waals surface area contributed by atoms with E-state index >= 15 is 0 Å². The minimum Gasteiger partial charge on any atom is -0.384 e. The van der Waals surface area contributed by atoms with E-state index < -0.39 is 15.6 Å². The van der Waals surface area contributed by atoms with Crippen LogP contribution in [0, 0.1) is 0 Å². The van der Waals surface area contributed by atoms with Crippen LogP contribution in [0.2, 0.25) is 0 Å². The van der Waals surface area contributed by atoms with Crippen molar-refractivity contribution in [2.45, 2.75) is 25.4 Å². The van der Waals surface area contributed by atoms with E-state index in [2.05, 4.69) is 4.98 Å². The molecule has 0 spiro atoms. The highest BCUT2D eigenvalue weighted by Gasteiger charge is 2.37. The largest absolute Gasteiger partial charge is 0.384 e. The predicted molar refractivity (Wildman–Crippen MR) is 68.4 cm³/mol. The molecule has 2 rings (SSSR count). The van der Waals surface area contributed by atoms with Crippen molar-refractivity contribution in [1.82, 2.24) is 9.29 Å². The molecule has 0 radical (unpaired) electrons. The van der Waals surface area contributed by atoms with Gasteiger partial charge in [0, 0.05) is 25.5 Å². The molecule has 1 unspecified atom stereocenters. The molecule has 0 aromatic carbocycles. The number of hydrogen-bond acceptors (Lipinski definition) is 4. The number of rotatable bonds is 4. The molecule has 1 aliphatic rings. The van der Waals surface area contributed by atoms with Crippen LogP contribution in [0.15, 0.2) is 24.5 Å². The molecule has 1 aliphatic heterocycles. The third-order valence-corrected chi connectivity index (χ3v) is 5.35. The van der Waals surface area contributed by atoms with Crippen molar-refractivity contribution in [3.05, 3.63) is 30.1 Å². The summed E-state index contributed by atoms with van der Waals surface area (Å²) in [6.07, 6.45) is 4.31. The molecule has 2 heterocycles. The van der Waals surface area contributed by atoms with Crippen molar-refractivity contribution in [1.29, 1.82) is 0 Å². The van der Waals surface area contributed by atoms with Crippen LogP contribution in [0.1, 0.15) is 25.3 Å². The molecule has 6 heteroatoms. The summed E-state index contributed by atoms with van der Waals surface area (Å²) in [6.45, 7) is 2.47. The maximum Gasteiger partial charge on any atom is 0.214 e. The van der Waals surface area contributed by atoms with Crippen LogP contribution in [0.25, 0.3) is 0 Å². The minimum atomic E-state index is -3.18. The zero-order valence-corrected chi connectivity index (χ0v) is 11.2. The van der Waals surface area contributed by atoms with Gasteiger partial charge in [-0.2, -0.15) is 4.31 Å². The average molecular weight is 270 g/mol. The summed E-state index contributed by atoms with van der Waals surface area (Å²) in [6, 6.07) is 3.46.